The number of benzene rings is 1. The van der Waals surface area contributed by atoms with Crippen molar-refractivity contribution in [1.29, 1.82) is 0 Å². The molecule has 0 heterocycles. The molecule has 0 bridgehead atoms. The average molecular weight is 489 g/mol. The molecule has 3 nitrogen and oxygen atoms in total. The van der Waals surface area contributed by atoms with E-state index in [0.29, 0.717) is 25.2 Å². The third-order valence-corrected chi connectivity index (χ3v) is 7.10. The molecule has 0 saturated heterocycles. The number of hydrogen-bond donors (Lipinski definition) is 1. The Labute approximate surface area is 217 Å². The molecule has 0 aliphatic carbocycles. The Balaban J connectivity index is 2.05. The van der Waals surface area contributed by atoms with E-state index in [9.17, 15) is 9.90 Å². The molecular formula is C32H56O3. The van der Waals surface area contributed by atoms with Crippen LogP contribution in [0, 0.1) is 0 Å². The Hall–Kier alpha value is -1.51. The van der Waals surface area contributed by atoms with Gasteiger partial charge in [0, 0.05) is 6.42 Å². The number of unbranched alkanes of at least 4 members (excludes halogenated alkanes) is 14. The van der Waals surface area contributed by atoms with Gasteiger partial charge in [0.05, 0.1) is 6.61 Å². The number of carbonyl (C=O) groups is 1. The fourth-order valence-corrected chi connectivity index (χ4v) is 4.75. The lowest BCUT2D eigenvalue weighted by Gasteiger charge is -2.17. The number of ether oxygens (including phenoxy) is 1. The van der Waals surface area contributed by atoms with Crippen LogP contribution in [0.3, 0.4) is 0 Å². The van der Waals surface area contributed by atoms with Crippen molar-refractivity contribution in [2.24, 2.45) is 0 Å². The summed E-state index contributed by atoms with van der Waals surface area (Å²) < 4.78 is 5.47. The van der Waals surface area contributed by atoms with Crippen molar-refractivity contribution in [3.8, 4) is 5.75 Å². The van der Waals surface area contributed by atoms with Gasteiger partial charge in [-0.25, -0.2) is 0 Å². The fourth-order valence-electron chi connectivity index (χ4n) is 4.75. The third kappa shape index (κ3) is 14.6. The SMILES string of the molecule is CCCCCCCCCCCCCCCCCOC(=O)CCc1cc(C(C)C)c(O)c(C(C)C)c1. The molecule has 0 fully saturated rings. The molecule has 1 aromatic rings. The van der Waals surface area contributed by atoms with Gasteiger partial charge in [0.1, 0.15) is 5.75 Å². The van der Waals surface area contributed by atoms with Crippen LogP contribution >= 0.6 is 0 Å². The van der Waals surface area contributed by atoms with Crippen LogP contribution < -0.4 is 0 Å². The number of phenolic OH excluding ortho intramolecular Hbond substituents is 1. The Kier molecular flexibility index (Phi) is 17.7. The van der Waals surface area contributed by atoms with Crippen molar-refractivity contribution in [3.05, 3.63) is 28.8 Å². The lowest BCUT2D eigenvalue weighted by atomic mass is 9.90. The molecule has 1 N–H and O–H groups in total. The molecular weight excluding hydrogens is 432 g/mol. The van der Waals surface area contributed by atoms with Gasteiger partial charge < -0.3 is 9.84 Å². The highest BCUT2D eigenvalue weighted by Crippen LogP contribution is 2.35. The first-order valence-corrected chi connectivity index (χ1v) is 14.9. The van der Waals surface area contributed by atoms with E-state index < -0.39 is 0 Å². The average Bonchev–Trinajstić information content (AvgIpc) is 2.82. The van der Waals surface area contributed by atoms with Crippen LogP contribution in [0.2, 0.25) is 0 Å². The number of phenols is 1. The lowest BCUT2D eigenvalue weighted by molar-refractivity contribution is -0.143. The summed E-state index contributed by atoms with van der Waals surface area (Å²) >= 11 is 0. The molecule has 0 amide bonds. The van der Waals surface area contributed by atoms with E-state index in [0.717, 1.165) is 29.5 Å². The van der Waals surface area contributed by atoms with Gasteiger partial charge in [-0.05, 0) is 41.4 Å². The molecule has 1 rings (SSSR count). The first kappa shape index (κ1) is 31.5. The summed E-state index contributed by atoms with van der Waals surface area (Å²) in [7, 11) is 0. The topological polar surface area (TPSA) is 46.5 Å². The predicted octanol–water partition coefficient (Wildman–Crippen LogP) is 9.99. The number of esters is 1. The first-order valence-electron chi connectivity index (χ1n) is 14.9. The third-order valence-electron chi connectivity index (χ3n) is 7.10. The molecule has 0 atom stereocenters. The Morgan fingerprint density at radius 3 is 1.51 bits per heavy atom. The van der Waals surface area contributed by atoms with Gasteiger partial charge in [-0.3, -0.25) is 4.79 Å². The van der Waals surface area contributed by atoms with E-state index in [1.807, 2.05) is 12.1 Å². The molecule has 0 aromatic heterocycles. The quantitative estimate of drug-likeness (QED) is 0.138. The van der Waals surface area contributed by atoms with Crippen LogP contribution in [0.1, 0.15) is 166 Å². The Morgan fingerprint density at radius 2 is 1.11 bits per heavy atom. The Bertz CT molecular complexity index is 648. The molecule has 202 valence electrons. The second-order valence-electron chi connectivity index (χ2n) is 11.1. The van der Waals surface area contributed by atoms with Crippen LogP contribution in [-0.2, 0) is 16.0 Å². The monoisotopic (exact) mass is 488 g/mol. The molecule has 0 aliphatic rings. The molecule has 0 saturated carbocycles. The molecule has 0 aliphatic heterocycles. The summed E-state index contributed by atoms with van der Waals surface area (Å²) in [5.74, 6) is 0.809. The van der Waals surface area contributed by atoms with E-state index in [-0.39, 0.29) is 17.8 Å². The lowest BCUT2D eigenvalue weighted by Crippen LogP contribution is -2.08. The molecule has 35 heavy (non-hydrogen) atoms. The summed E-state index contributed by atoms with van der Waals surface area (Å²) in [5.41, 5.74) is 3.05. The smallest absolute Gasteiger partial charge is 0.306 e. The minimum absolute atomic E-state index is 0.111. The molecule has 1 aromatic carbocycles. The van der Waals surface area contributed by atoms with Crippen molar-refractivity contribution in [2.45, 2.75) is 156 Å². The number of rotatable bonds is 21. The summed E-state index contributed by atoms with van der Waals surface area (Å²) in [6.07, 6.45) is 21.1. The number of aromatic hydroxyl groups is 1. The van der Waals surface area contributed by atoms with Gasteiger partial charge in [-0.15, -0.1) is 0 Å². The van der Waals surface area contributed by atoms with Crippen LogP contribution in [0.15, 0.2) is 12.1 Å². The zero-order valence-corrected chi connectivity index (χ0v) is 23.8. The highest BCUT2D eigenvalue weighted by molar-refractivity contribution is 5.69. The molecule has 0 unspecified atom stereocenters. The fraction of sp³-hybridized carbons (Fsp3) is 0.781. The van der Waals surface area contributed by atoms with E-state index in [1.54, 1.807) is 0 Å². The van der Waals surface area contributed by atoms with Crippen molar-refractivity contribution in [3.63, 3.8) is 0 Å². The number of aryl methyl sites for hydroxylation is 1. The zero-order valence-electron chi connectivity index (χ0n) is 23.8. The highest BCUT2D eigenvalue weighted by atomic mass is 16.5. The summed E-state index contributed by atoms with van der Waals surface area (Å²) in [4.78, 5) is 12.2. The van der Waals surface area contributed by atoms with Gasteiger partial charge in [-0.2, -0.15) is 0 Å². The molecule has 0 spiro atoms. The summed E-state index contributed by atoms with van der Waals surface area (Å²) in [6.45, 7) is 11.2. The van der Waals surface area contributed by atoms with Crippen LogP contribution in [0.25, 0.3) is 0 Å². The minimum Gasteiger partial charge on any atom is -0.507 e. The van der Waals surface area contributed by atoms with Gasteiger partial charge in [-0.1, -0.05) is 137 Å². The maximum atomic E-state index is 12.2. The predicted molar refractivity (Wildman–Crippen MR) is 150 cm³/mol. The maximum Gasteiger partial charge on any atom is 0.306 e. The largest absolute Gasteiger partial charge is 0.507 e. The number of hydrogen-bond acceptors (Lipinski definition) is 3. The van der Waals surface area contributed by atoms with Crippen LogP contribution in [0.4, 0.5) is 0 Å². The molecule has 0 radical (unpaired) electrons. The van der Waals surface area contributed by atoms with Crippen molar-refractivity contribution < 1.29 is 14.6 Å². The second kappa shape index (κ2) is 19.7. The van der Waals surface area contributed by atoms with Gasteiger partial charge in [0.25, 0.3) is 0 Å². The maximum absolute atomic E-state index is 12.2. The summed E-state index contributed by atoms with van der Waals surface area (Å²) in [5, 5.41) is 10.5. The standard InChI is InChI=1S/C32H56O3/c1-6-7-8-9-10-11-12-13-14-15-16-17-18-19-20-23-35-31(33)22-21-28-24-29(26(2)3)32(34)30(25-28)27(4)5/h24-27,34H,6-23H2,1-5H3. The van der Waals surface area contributed by atoms with Crippen LogP contribution in [-0.4, -0.2) is 17.7 Å². The zero-order chi connectivity index (χ0) is 25.9. The van der Waals surface area contributed by atoms with Crippen molar-refractivity contribution >= 4 is 5.97 Å². The van der Waals surface area contributed by atoms with E-state index in [1.165, 1.54) is 83.5 Å². The van der Waals surface area contributed by atoms with Gasteiger partial charge >= 0.3 is 5.97 Å². The Morgan fingerprint density at radius 1 is 0.714 bits per heavy atom. The summed E-state index contributed by atoms with van der Waals surface area (Å²) in [6, 6.07) is 4.10. The van der Waals surface area contributed by atoms with Crippen molar-refractivity contribution in [2.75, 3.05) is 6.61 Å². The van der Waals surface area contributed by atoms with Crippen LogP contribution in [0.5, 0.6) is 5.75 Å². The van der Waals surface area contributed by atoms with E-state index in [4.69, 9.17) is 4.74 Å². The highest BCUT2D eigenvalue weighted by Gasteiger charge is 2.15. The number of carbonyl (C=O) groups excluding carboxylic acids is 1. The molecule has 3 heteroatoms. The van der Waals surface area contributed by atoms with Gasteiger partial charge in [0.15, 0.2) is 0 Å². The second-order valence-corrected chi connectivity index (χ2v) is 11.1. The first-order chi connectivity index (χ1) is 16.9. The van der Waals surface area contributed by atoms with Crippen molar-refractivity contribution in [1.82, 2.24) is 0 Å². The van der Waals surface area contributed by atoms with E-state index >= 15 is 0 Å². The normalized spacial score (nSPS) is 11.5. The van der Waals surface area contributed by atoms with Gasteiger partial charge in [0.2, 0.25) is 0 Å². The minimum atomic E-state index is -0.111. The van der Waals surface area contributed by atoms with E-state index in [2.05, 4.69) is 34.6 Å².